The molecule has 0 fully saturated rings. The Morgan fingerprint density at radius 3 is 2.80 bits per heavy atom. The van der Waals surface area contributed by atoms with Crippen molar-refractivity contribution in [1.29, 1.82) is 0 Å². The Labute approximate surface area is 178 Å². The number of aliphatic hydroxyl groups excluding tert-OH is 1. The third kappa shape index (κ3) is 3.55. The normalized spacial score (nSPS) is 19.1. The van der Waals surface area contributed by atoms with Crippen molar-refractivity contribution in [3.63, 3.8) is 0 Å². The number of hydrogen-bond acceptors (Lipinski definition) is 3. The number of H-pyrrole nitrogens is 1. The predicted octanol–water partition coefficient (Wildman–Crippen LogP) is 5.14. The van der Waals surface area contributed by atoms with Gasteiger partial charge in [0.25, 0.3) is 0 Å². The van der Waals surface area contributed by atoms with Gasteiger partial charge in [-0.2, -0.15) is 0 Å². The molecule has 0 bridgehead atoms. The van der Waals surface area contributed by atoms with Crippen LogP contribution in [-0.4, -0.2) is 34.7 Å². The first-order valence-electron chi connectivity index (χ1n) is 11.1. The molecule has 4 nitrogen and oxygen atoms in total. The predicted molar refractivity (Wildman–Crippen MR) is 121 cm³/mol. The molecule has 5 rings (SSSR count). The molecule has 0 spiro atoms. The Morgan fingerprint density at radius 1 is 1.13 bits per heavy atom. The van der Waals surface area contributed by atoms with Gasteiger partial charge < -0.3 is 14.8 Å². The van der Waals surface area contributed by atoms with Crippen LogP contribution in [0.1, 0.15) is 49.0 Å². The standard InChI is InChI=1S/C26H30N2O2/c1-2-19-16-28-12-10-22-23-15-21(30-17-18-6-4-3-5-7-18)8-9-24(23)27-26(22)25(28)14-20(19)11-13-29/h3-9,15,25,27,29H,2,10-14,16-17H2,1H3. The van der Waals surface area contributed by atoms with Gasteiger partial charge in [0.2, 0.25) is 0 Å². The minimum Gasteiger partial charge on any atom is -0.489 e. The fourth-order valence-corrected chi connectivity index (χ4v) is 5.16. The highest BCUT2D eigenvalue weighted by atomic mass is 16.5. The van der Waals surface area contributed by atoms with E-state index in [2.05, 4.69) is 47.1 Å². The quantitative estimate of drug-likeness (QED) is 0.562. The second kappa shape index (κ2) is 8.29. The smallest absolute Gasteiger partial charge is 0.120 e. The van der Waals surface area contributed by atoms with Gasteiger partial charge in [0.1, 0.15) is 12.4 Å². The minimum absolute atomic E-state index is 0.243. The van der Waals surface area contributed by atoms with E-state index in [1.807, 2.05) is 18.2 Å². The fraction of sp³-hybridized carbons (Fsp3) is 0.385. The molecule has 1 unspecified atom stereocenters. The zero-order valence-corrected chi connectivity index (χ0v) is 17.7. The SMILES string of the molecule is CCC1=C(CCO)CC2c3[nH]c4ccc(OCc5ccccc5)cc4c3CCN2C1. The molecule has 2 aliphatic heterocycles. The molecule has 0 radical (unpaired) electrons. The summed E-state index contributed by atoms with van der Waals surface area (Å²) in [6, 6.07) is 17.1. The lowest BCUT2D eigenvalue weighted by Gasteiger charge is -2.41. The number of fused-ring (bicyclic) bond motifs is 5. The maximum atomic E-state index is 9.53. The summed E-state index contributed by atoms with van der Waals surface area (Å²) >= 11 is 0. The minimum atomic E-state index is 0.243. The summed E-state index contributed by atoms with van der Waals surface area (Å²) in [6.07, 6.45) is 3.99. The van der Waals surface area contributed by atoms with Gasteiger partial charge in [0.05, 0.1) is 6.04 Å². The van der Waals surface area contributed by atoms with Gasteiger partial charge in [-0.15, -0.1) is 0 Å². The van der Waals surface area contributed by atoms with Gasteiger partial charge in [0, 0.05) is 36.3 Å². The van der Waals surface area contributed by atoms with Crippen LogP contribution in [0.25, 0.3) is 10.9 Å². The molecule has 3 heterocycles. The van der Waals surface area contributed by atoms with Gasteiger partial charge >= 0.3 is 0 Å². The number of aromatic amines is 1. The van der Waals surface area contributed by atoms with Gasteiger partial charge in [0.15, 0.2) is 0 Å². The summed E-state index contributed by atoms with van der Waals surface area (Å²) in [5, 5.41) is 10.8. The van der Waals surface area contributed by atoms with Crippen LogP contribution >= 0.6 is 0 Å². The fourth-order valence-electron chi connectivity index (χ4n) is 5.16. The first-order valence-corrected chi connectivity index (χ1v) is 11.1. The molecule has 1 aromatic heterocycles. The third-order valence-corrected chi connectivity index (χ3v) is 6.76. The molecule has 30 heavy (non-hydrogen) atoms. The van der Waals surface area contributed by atoms with Crippen molar-refractivity contribution in [2.24, 2.45) is 0 Å². The zero-order valence-electron chi connectivity index (χ0n) is 17.7. The van der Waals surface area contributed by atoms with Crippen molar-refractivity contribution >= 4 is 10.9 Å². The number of nitrogens with zero attached hydrogens (tertiary/aromatic N) is 1. The van der Waals surface area contributed by atoms with E-state index in [1.165, 1.54) is 38.9 Å². The van der Waals surface area contributed by atoms with Crippen LogP contribution < -0.4 is 4.74 Å². The van der Waals surface area contributed by atoms with Crippen LogP contribution in [0.5, 0.6) is 5.75 Å². The highest BCUT2D eigenvalue weighted by Crippen LogP contribution is 2.42. The van der Waals surface area contributed by atoms with E-state index in [0.717, 1.165) is 44.5 Å². The van der Waals surface area contributed by atoms with Crippen molar-refractivity contribution in [3.05, 3.63) is 76.5 Å². The lowest BCUT2D eigenvalue weighted by Crippen LogP contribution is -2.40. The second-order valence-corrected chi connectivity index (χ2v) is 8.47. The van der Waals surface area contributed by atoms with Gasteiger partial charge in [-0.1, -0.05) is 48.4 Å². The monoisotopic (exact) mass is 402 g/mol. The van der Waals surface area contributed by atoms with Crippen molar-refractivity contribution in [1.82, 2.24) is 9.88 Å². The number of ether oxygens (including phenoxy) is 1. The van der Waals surface area contributed by atoms with E-state index in [4.69, 9.17) is 4.74 Å². The van der Waals surface area contributed by atoms with Crippen molar-refractivity contribution in [2.45, 2.75) is 45.3 Å². The molecule has 0 amide bonds. The summed E-state index contributed by atoms with van der Waals surface area (Å²) in [6.45, 7) is 5.20. The summed E-state index contributed by atoms with van der Waals surface area (Å²) in [4.78, 5) is 6.34. The second-order valence-electron chi connectivity index (χ2n) is 8.47. The van der Waals surface area contributed by atoms with E-state index in [-0.39, 0.29) is 6.61 Å². The highest BCUT2D eigenvalue weighted by Gasteiger charge is 2.34. The molecule has 2 aliphatic rings. The summed E-state index contributed by atoms with van der Waals surface area (Å²) in [5.41, 5.74) is 8.17. The first kappa shape index (κ1) is 19.4. The molecule has 0 aliphatic carbocycles. The lowest BCUT2D eigenvalue weighted by atomic mass is 9.85. The van der Waals surface area contributed by atoms with Crippen molar-refractivity contribution < 1.29 is 9.84 Å². The molecule has 3 aromatic rings. The maximum absolute atomic E-state index is 9.53. The lowest BCUT2D eigenvalue weighted by molar-refractivity contribution is 0.177. The summed E-state index contributed by atoms with van der Waals surface area (Å²) < 4.78 is 6.09. The molecular weight excluding hydrogens is 372 g/mol. The first-order chi connectivity index (χ1) is 14.8. The Balaban J connectivity index is 1.43. The van der Waals surface area contributed by atoms with Crippen LogP contribution in [0.15, 0.2) is 59.7 Å². The highest BCUT2D eigenvalue weighted by molar-refractivity contribution is 5.86. The van der Waals surface area contributed by atoms with E-state index in [0.29, 0.717) is 12.6 Å². The largest absolute Gasteiger partial charge is 0.489 e. The average Bonchev–Trinajstić information content (AvgIpc) is 3.16. The van der Waals surface area contributed by atoms with Crippen LogP contribution in [0.3, 0.4) is 0 Å². The topological polar surface area (TPSA) is 48.5 Å². The molecule has 156 valence electrons. The molecule has 2 N–H and O–H groups in total. The zero-order chi connectivity index (χ0) is 20.5. The van der Waals surface area contributed by atoms with Crippen molar-refractivity contribution in [2.75, 3.05) is 19.7 Å². The van der Waals surface area contributed by atoms with Crippen LogP contribution in [0, 0.1) is 0 Å². The molecule has 1 atom stereocenters. The molecule has 0 saturated heterocycles. The Bertz CT molecular complexity index is 1070. The molecule has 4 heteroatoms. The number of aromatic nitrogens is 1. The van der Waals surface area contributed by atoms with Gasteiger partial charge in [-0.3, -0.25) is 4.90 Å². The maximum Gasteiger partial charge on any atom is 0.120 e. The number of hydrogen-bond donors (Lipinski definition) is 2. The number of aliphatic hydroxyl groups is 1. The Kier molecular flexibility index (Phi) is 5.36. The Morgan fingerprint density at radius 2 is 2.00 bits per heavy atom. The number of rotatable bonds is 6. The average molecular weight is 403 g/mol. The third-order valence-electron chi connectivity index (χ3n) is 6.76. The van der Waals surface area contributed by atoms with Crippen LogP contribution in [0.2, 0.25) is 0 Å². The summed E-state index contributed by atoms with van der Waals surface area (Å²) in [5.74, 6) is 0.924. The van der Waals surface area contributed by atoms with E-state index in [9.17, 15) is 5.11 Å². The van der Waals surface area contributed by atoms with Crippen LogP contribution in [0.4, 0.5) is 0 Å². The van der Waals surface area contributed by atoms with E-state index < -0.39 is 0 Å². The molecular formula is C26H30N2O2. The molecule has 0 saturated carbocycles. The molecule has 2 aromatic carbocycles. The Hall–Kier alpha value is -2.56. The number of benzene rings is 2. The van der Waals surface area contributed by atoms with Crippen molar-refractivity contribution in [3.8, 4) is 5.75 Å². The van der Waals surface area contributed by atoms with Crippen LogP contribution in [-0.2, 0) is 13.0 Å². The summed E-state index contributed by atoms with van der Waals surface area (Å²) in [7, 11) is 0. The van der Waals surface area contributed by atoms with E-state index >= 15 is 0 Å². The van der Waals surface area contributed by atoms with E-state index in [1.54, 1.807) is 0 Å². The van der Waals surface area contributed by atoms with Gasteiger partial charge in [-0.05, 0) is 55.0 Å². The number of nitrogens with one attached hydrogen (secondary N) is 1. The van der Waals surface area contributed by atoms with Gasteiger partial charge in [-0.25, -0.2) is 0 Å².